The summed E-state index contributed by atoms with van der Waals surface area (Å²) in [4.78, 5) is 6.11. The third kappa shape index (κ3) is 3.61. The second kappa shape index (κ2) is 6.10. The molecule has 19 heavy (non-hydrogen) atoms. The SMILES string of the molecule is CCc1cnc(CNS(=O)(=O)c2csc(CO)c2)s1. The molecule has 0 amide bonds. The van der Waals surface area contributed by atoms with Crippen molar-refractivity contribution in [2.75, 3.05) is 0 Å². The maximum Gasteiger partial charge on any atom is 0.241 e. The number of sulfonamides is 1. The molecule has 5 nitrogen and oxygen atoms in total. The number of aryl methyl sites for hydroxylation is 1. The summed E-state index contributed by atoms with van der Waals surface area (Å²) in [6, 6.07) is 1.48. The number of hydrogen-bond acceptors (Lipinski definition) is 6. The molecule has 0 fully saturated rings. The first kappa shape index (κ1) is 14.6. The lowest BCUT2D eigenvalue weighted by Crippen LogP contribution is -2.22. The standard InChI is InChI=1S/C11H14N2O3S3/c1-2-8-4-12-11(18-8)5-13-19(15,16)10-3-9(6-14)17-7-10/h3-4,7,13-14H,2,5-6H2,1H3. The van der Waals surface area contributed by atoms with E-state index in [9.17, 15) is 8.42 Å². The molecule has 0 atom stereocenters. The molecule has 2 aromatic rings. The van der Waals surface area contributed by atoms with Gasteiger partial charge in [-0.15, -0.1) is 22.7 Å². The molecule has 2 rings (SSSR count). The zero-order valence-corrected chi connectivity index (χ0v) is 12.7. The smallest absolute Gasteiger partial charge is 0.241 e. The Hall–Kier alpha value is -0.800. The number of thiophene rings is 1. The van der Waals surface area contributed by atoms with E-state index in [2.05, 4.69) is 9.71 Å². The number of hydrogen-bond donors (Lipinski definition) is 2. The number of rotatable bonds is 6. The molecule has 0 aliphatic rings. The summed E-state index contributed by atoms with van der Waals surface area (Å²) < 4.78 is 26.5. The van der Waals surface area contributed by atoms with E-state index in [1.165, 1.54) is 34.1 Å². The lowest BCUT2D eigenvalue weighted by Gasteiger charge is -2.02. The van der Waals surface area contributed by atoms with Gasteiger partial charge in [0.15, 0.2) is 0 Å². The van der Waals surface area contributed by atoms with Crippen molar-refractivity contribution < 1.29 is 13.5 Å². The summed E-state index contributed by atoms with van der Waals surface area (Å²) in [5.41, 5.74) is 0. The molecule has 0 bridgehead atoms. The fourth-order valence-electron chi connectivity index (χ4n) is 1.42. The summed E-state index contributed by atoms with van der Waals surface area (Å²) in [6.45, 7) is 2.08. The highest BCUT2D eigenvalue weighted by Gasteiger charge is 2.16. The fourth-order valence-corrected chi connectivity index (χ4v) is 4.43. The highest BCUT2D eigenvalue weighted by molar-refractivity contribution is 7.89. The van der Waals surface area contributed by atoms with Crippen LogP contribution >= 0.6 is 22.7 Å². The number of thiazole rings is 1. The van der Waals surface area contributed by atoms with E-state index in [1.54, 1.807) is 6.20 Å². The minimum absolute atomic E-state index is 0.146. The van der Waals surface area contributed by atoms with Gasteiger partial charge in [0, 0.05) is 21.3 Å². The van der Waals surface area contributed by atoms with Crippen LogP contribution < -0.4 is 4.72 Å². The second-order valence-electron chi connectivity index (χ2n) is 3.81. The maximum absolute atomic E-state index is 12.0. The van der Waals surface area contributed by atoms with Crippen molar-refractivity contribution in [1.82, 2.24) is 9.71 Å². The Morgan fingerprint density at radius 3 is 2.79 bits per heavy atom. The van der Waals surface area contributed by atoms with Gasteiger partial charge in [0.25, 0.3) is 0 Å². The topological polar surface area (TPSA) is 79.3 Å². The molecule has 0 saturated carbocycles. The number of nitrogens with zero attached hydrogens (tertiary/aromatic N) is 1. The van der Waals surface area contributed by atoms with Crippen LogP contribution in [0.4, 0.5) is 0 Å². The highest BCUT2D eigenvalue weighted by atomic mass is 32.2. The van der Waals surface area contributed by atoms with Gasteiger partial charge in [-0.3, -0.25) is 0 Å². The predicted octanol–water partition coefficient (Wildman–Crippen LogP) is 1.74. The minimum Gasteiger partial charge on any atom is -0.391 e. The van der Waals surface area contributed by atoms with Crippen LogP contribution in [0.3, 0.4) is 0 Å². The number of aromatic nitrogens is 1. The third-order valence-corrected chi connectivity index (χ3v) is 6.05. The van der Waals surface area contributed by atoms with Crippen molar-refractivity contribution in [3.05, 3.63) is 32.4 Å². The molecule has 0 radical (unpaired) electrons. The van der Waals surface area contributed by atoms with Crippen LogP contribution in [0.15, 0.2) is 22.5 Å². The largest absolute Gasteiger partial charge is 0.391 e. The van der Waals surface area contributed by atoms with E-state index in [0.717, 1.165) is 16.3 Å². The molecule has 0 spiro atoms. The van der Waals surface area contributed by atoms with Crippen molar-refractivity contribution >= 4 is 32.7 Å². The van der Waals surface area contributed by atoms with E-state index in [1.807, 2.05) is 6.92 Å². The summed E-state index contributed by atoms with van der Waals surface area (Å²) in [7, 11) is -3.53. The van der Waals surface area contributed by atoms with Gasteiger partial charge < -0.3 is 5.11 Å². The molecular weight excluding hydrogens is 304 g/mol. The Kier molecular flexibility index (Phi) is 4.69. The van der Waals surface area contributed by atoms with Gasteiger partial charge in [0.05, 0.1) is 18.0 Å². The van der Waals surface area contributed by atoms with E-state index in [4.69, 9.17) is 5.11 Å². The van der Waals surface area contributed by atoms with Crippen LogP contribution in [0.5, 0.6) is 0 Å². The fraction of sp³-hybridized carbons (Fsp3) is 0.364. The summed E-state index contributed by atoms with van der Waals surface area (Å²) >= 11 is 2.73. The molecule has 0 unspecified atom stereocenters. The number of nitrogens with one attached hydrogen (secondary N) is 1. The molecule has 2 aromatic heterocycles. The Bertz CT molecular complexity index is 646. The zero-order chi connectivity index (χ0) is 13.9. The van der Waals surface area contributed by atoms with Crippen LogP contribution in [0, 0.1) is 0 Å². The molecular formula is C11H14N2O3S3. The summed E-state index contributed by atoms with van der Waals surface area (Å²) in [5, 5.41) is 11.2. The van der Waals surface area contributed by atoms with Crippen molar-refractivity contribution in [3.63, 3.8) is 0 Å². The molecule has 0 saturated heterocycles. The molecule has 0 aliphatic heterocycles. The van der Waals surface area contributed by atoms with Crippen LogP contribution in [-0.4, -0.2) is 18.5 Å². The Morgan fingerprint density at radius 2 is 2.21 bits per heavy atom. The molecule has 104 valence electrons. The normalized spacial score (nSPS) is 11.9. The monoisotopic (exact) mass is 318 g/mol. The molecule has 2 heterocycles. The van der Waals surface area contributed by atoms with Gasteiger partial charge in [-0.1, -0.05) is 6.92 Å². The number of aliphatic hydroxyl groups excluding tert-OH is 1. The quantitative estimate of drug-likeness (QED) is 0.850. The van der Waals surface area contributed by atoms with Crippen molar-refractivity contribution in [1.29, 1.82) is 0 Å². The Labute approximate surface area is 120 Å². The predicted molar refractivity (Wildman–Crippen MR) is 75.8 cm³/mol. The average Bonchev–Trinajstić information content (AvgIpc) is 3.05. The lowest BCUT2D eigenvalue weighted by atomic mass is 10.4. The van der Waals surface area contributed by atoms with Gasteiger partial charge in [-0.25, -0.2) is 18.1 Å². The van der Waals surface area contributed by atoms with E-state index >= 15 is 0 Å². The van der Waals surface area contributed by atoms with Gasteiger partial charge >= 0.3 is 0 Å². The van der Waals surface area contributed by atoms with Crippen LogP contribution in [0.2, 0.25) is 0 Å². The average molecular weight is 318 g/mol. The van der Waals surface area contributed by atoms with Crippen molar-refractivity contribution in [2.45, 2.75) is 31.4 Å². The van der Waals surface area contributed by atoms with Crippen LogP contribution in [0.25, 0.3) is 0 Å². The van der Waals surface area contributed by atoms with Crippen LogP contribution in [-0.2, 0) is 29.6 Å². The van der Waals surface area contributed by atoms with Gasteiger partial charge in [0.2, 0.25) is 10.0 Å². The summed E-state index contributed by atoms with van der Waals surface area (Å²) in [6.07, 6.45) is 2.66. The maximum atomic E-state index is 12.0. The van der Waals surface area contributed by atoms with Crippen molar-refractivity contribution in [2.24, 2.45) is 0 Å². The highest BCUT2D eigenvalue weighted by Crippen LogP contribution is 2.20. The first-order chi connectivity index (χ1) is 9.05. The molecule has 0 aliphatic carbocycles. The van der Waals surface area contributed by atoms with Gasteiger partial charge in [-0.2, -0.15) is 0 Å². The zero-order valence-electron chi connectivity index (χ0n) is 10.3. The third-order valence-electron chi connectivity index (χ3n) is 2.46. The van der Waals surface area contributed by atoms with E-state index in [-0.39, 0.29) is 18.0 Å². The first-order valence-electron chi connectivity index (χ1n) is 5.66. The summed E-state index contributed by atoms with van der Waals surface area (Å²) in [5.74, 6) is 0. The van der Waals surface area contributed by atoms with E-state index in [0.29, 0.717) is 4.88 Å². The van der Waals surface area contributed by atoms with Crippen LogP contribution in [0.1, 0.15) is 21.7 Å². The van der Waals surface area contributed by atoms with Gasteiger partial charge in [0.1, 0.15) is 5.01 Å². The molecule has 0 aromatic carbocycles. The van der Waals surface area contributed by atoms with Crippen molar-refractivity contribution in [3.8, 4) is 0 Å². The Morgan fingerprint density at radius 1 is 1.42 bits per heavy atom. The Balaban J connectivity index is 2.05. The molecule has 8 heteroatoms. The number of aliphatic hydroxyl groups is 1. The molecule has 2 N–H and O–H groups in total. The first-order valence-corrected chi connectivity index (χ1v) is 8.84. The minimum atomic E-state index is -3.53. The second-order valence-corrected chi connectivity index (χ2v) is 7.77. The lowest BCUT2D eigenvalue weighted by molar-refractivity contribution is 0.285. The van der Waals surface area contributed by atoms with Gasteiger partial charge in [-0.05, 0) is 12.5 Å². The van der Waals surface area contributed by atoms with E-state index < -0.39 is 10.0 Å².